The molecule has 0 aliphatic carbocycles. The lowest BCUT2D eigenvalue weighted by Gasteiger charge is -2.13. The van der Waals surface area contributed by atoms with Gasteiger partial charge in [-0.05, 0) is 71.9 Å². The molecule has 1 atom stereocenters. The lowest BCUT2D eigenvalue weighted by Crippen LogP contribution is -2.25. The molecule has 30 heavy (non-hydrogen) atoms. The normalized spacial score (nSPS) is 13.0. The predicted octanol–water partition coefficient (Wildman–Crippen LogP) is 5.88. The molecule has 5 heteroatoms. The molecule has 0 saturated heterocycles. The Kier molecular flexibility index (Phi) is 10.7. The van der Waals surface area contributed by atoms with Gasteiger partial charge in [-0.2, -0.15) is 0 Å². The van der Waals surface area contributed by atoms with Gasteiger partial charge in [0.05, 0.1) is 12.7 Å². The molecule has 1 rings (SSSR count). The van der Waals surface area contributed by atoms with E-state index in [9.17, 15) is 19.8 Å². The fourth-order valence-corrected chi connectivity index (χ4v) is 3.03. The van der Waals surface area contributed by atoms with Gasteiger partial charge in [-0.1, -0.05) is 34.9 Å². The molecule has 0 heterocycles. The fourth-order valence-electron chi connectivity index (χ4n) is 3.03. The van der Waals surface area contributed by atoms with E-state index in [-0.39, 0.29) is 23.5 Å². The second kappa shape index (κ2) is 12.7. The third kappa shape index (κ3) is 8.68. The lowest BCUT2D eigenvalue weighted by molar-refractivity contribution is -0.143. The van der Waals surface area contributed by atoms with E-state index in [1.807, 2.05) is 13.0 Å². The number of methoxy groups -OCH3 is 1. The summed E-state index contributed by atoms with van der Waals surface area (Å²) in [7, 11) is 1.23. The number of hydrogen-bond acceptors (Lipinski definition) is 5. The van der Waals surface area contributed by atoms with Crippen molar-refractivity contribution in [1.82, 2.24) is 0 Å². The number of phenolic OH excluding ortho intramolecular Hbond substituents is 2. The van der Waals surface area contributed by atoms with Crippen molar-refractivity contribution in [3.05, 3.63) is 58.7 Å². The fraction of sp³-hybridized carbons (Fsp3) is 0.440. The average molecular weight is 415 g/mol. The van der Waals surface area contributed by atoms with E-state index in [2.05, 4.69) is 32.9 Å². The third-order valence-electron chi connectivity index (χ3n) is 4.87. The molecule has 0 unspecified atom stereocenters. The smallest absolute Gasteiger partial charge is 0.316 e. The first-order valence-electron chi connectivity index (χ1n) is 10.2. The van der Waals surface area contributed by atoms with Gasteiger partial charge in [0.1, 0.15) is 17.4 Å². The maximum atomic E-state index is 12.8. The largest absolute Gasteiger partial charge is 0.508 e. The molecule has 0 bridgehead atoms. The summed E-state index contributed by atoms with van der Waals surface area (Å²) < 4.78 is 4.78. The predicted molar refractivity (Wildman–Crippen MR) is 120 cm³/mol. The van der Waals surface area contributed by atoms with Gasteiger partial charge in [0.25, 0.3) is 0 Å². The van der Waals surface area contributed by atoms with Crippen LogP contribution in [0.25, 0.3) is 0 Å². The summed E-state index contributed by atoms with van der Waals surface area (Å²) in [5.74, 6) is -2.73. The van der Waals surface area contributed by atoms with Crippen LogP contribution in [0, 0.1) is 5.92 Å². The van der Waals surface area contributed by atoms with E-state index in [0.717, 1.165) is 37.3 Å². The van der Waals surface area contributed by atoms with E-state index >= 15 is 0 Å². The SMILES string of the molecule is COC(=O)[C@@H](C/C=C(\C)CC/C=C(\C)CCC=C(C)C)C(=O)c1ccc(O)cc1O. The highest BCUT2D eigenvalue weighted by Crippen LogP contribution is 2.27. The first-order chi connectivity index (χ1) is 14.1. The number of rotatable bonds is 11. The highest BCUT2D eigenvalue weighted by atomic mass is 16.5. The second-order valence-corrected chi connectivity index (χ2v) is 7.84. The minimum absolute atomic E-state index is 0.0100. The van der Waals surface area contributed by atoms with E-state index in [0.29, 0.717) is 0 Å². The van der Waals surface area contributed by atoms with E-state index < -0.39 is 17.7 Å². The molecule has 0 saturated carbocycles. The van der Waals surface area contributed by atoms with E-state index in [1.54, 1.807) is 0 Å². The molecule has 1 aromatic rings. The van der Waals surface area contributed by atoms with Crippen LogP contribution in [-0.4, -0.2) is 29.1 Å². The van der Waals surface area contributed by atoms with E-state index in [1.165, 1.54) is 30.4 Å². The van der Waals surface area contributed by atoms with Gasteiger partial charge >= 0.3 is 5.97 Å². The Morgan fingerprint density at radius 1 is 0.967 bits per heavy atom. The zero-order chi connectivity index (χ0) is 22.7. The van der Waals surface area contributed by atoms with Gasteiger partial charge in [-0.15, -0.1) is 0 Å². The number of ketones is 1. The standard InChI is InChI=1S/C25H34O5/c1-17(2)8-6-9-18(3)10-7-11-19(4)12-14-22(25(29)30-5)24(28)21-15-13-20(26)16-23(21)27/h8,10,12-13,15-16,22,26-27H,6-7,9,11,14H2,1-5H3/b18-10+,19-12+/t22-/m0/s1. The molecule has 0 spiro atoms. The number of carbonyl (C=O) groups is 2. The number of benzene rings is 1. The molecule has 0 fully saturated rings. The molecule has 0 radical (unpaired) electrons. The molecule has 0 aliphatic heterocycles. The molecule has 5 nitrogen and oxygen atoms in total. The second-order valence-electron chi connectivity index (χ2n) is 7.84. The maximum absolute atomic E-state index is 12.8. The summed E-state index contributed by atoms with van der Waals surface area (Å²) in [4.78, 5) is 24.9. The summed E-state index contributed by atoms with van der Waals surface area (Å²) in [5.41, 5.74) is 3.76. The zero-order valence-corrected chi connectivity index (χ0v) is 18.7. The maximum Gasteiger partial charge on any atom is 0.316 e. The Balaban J connectivity index is 2.74. The average Bonchev–Trinajstić information content (AvgIpc) is 2.67. The van der Waals surface area contributed by atoms with Crippen molar-refractivity contribution in [2.75, 3.05) is 7.11 Å². The third-order valence-corrected chi connectivity index (χ3v) is 4.87. The Morgan fingerprint density at radius 2 is 1.57 bits per heavy atom. The summed E-state index contributed by atoms with van der Waals surface area (Å²) in [6, 6.07) is 3.69. The molecular formula is C25H34O5. The lowest BCUT2D eigenvalue weighted by atomic mass is 9.92. The van der Waals surface area contributed by atoms with Gasteiger partial charge in [0.2, 0.25) is 0 Å². The minimum atomic E-state index is -1.04. The number of aromatic hydroxyl groups is 2. The summed E-state index contributed by atoms with van der Waals surface area (Å²) >= 11 is 0. The van der Waals surface area contributed by atoms with Crippen LogP contribution in [0.4, 0.5) is 0 Å². The van der Waals surface area contributed by atoms with Crippen LogP contribution in [0.3, 0.4) is 0 Å². The van der Waals surface area contributed by atoms with Crippen LogP contribution in [0.2, 0.25) is 0 Å². The number of allylic oxidation sites excluding steroid dienone is 6. The molecule has 1 aromatic carbocycles. The van der Waals surface area contributed by atoms with Gasteiger partial charge in [0, 0.05) is 6.07 Å². The van der Waals surface area contributed by atoms with Crippen molar-refractivity contribution in [3.8, 4) is 11.5 Å². The zero-order valence-electron chi connectivity index (χ0n) is 18.7. The van der Waals surface area contributed by atoms with Crippen LogP contribution < -0.4 is 0 Å². The van der Waals surface area contributed by atoms with Crippen LogP contribution in [0.5, 0.6) is 11.5 Å². The molecular weight excluding hydrogens is 380 g/mol. The first kappa shape index (κ1) is 25.2. The van der Waals surface area contributed by atoms with Crippen molar-refractivity contribution in [3.63, 3.8) is 0 Å². The van der Waals surface area contributed by atoms with Gasteiger partial charge in [-0.25, -0.2) is 0 Å². The molecule has 0 aromatic heterocycles. The Bertz CT molecular complexity index is 826. The van der Waals surface area contributed by atoms with Crippen molar-refractivity contribution in [2.24, 2.45) is 5.92 Å². The summed E-state index contributed by atoms with van der Waals surface area (Å²) in [6.45, 7) is 8.31. The summed E-state index contributed by atoms with van der Waals surface area (Å²) in [6.07, 6.45) is 10.4. The van der Waals surface area contributed by atoms with Crippen molar-refractivity contribution >= 4 is 11.8 Å². The Morgan fingerprint density at radius 3 is 2.13 bits per heavy atom. The number of carbonyl (C=O) groups excluding carboxylic acids is 2. The van der Waals surface area contributed by atoms with Crippen molar-refractivity contribution < 1.29 is 24.5 Å². The highest BCUT2D eigenvalue weighted by molar-refractivity contribution is 6.10. The Hall–Kier alpha value is -2.82. The summed E-state index contributed by atoms with van der Waals surface area (Å²) in [5, 5.41) is 19.3. The van der Waals surface area contributed by atoms with Gasteiger partial charge < -0.3 is 14.9 Å². The Labute approximate surface area is 179 Å². The van der Waals surface area contributed by atoms with Crippen LogP contribution in [0.15, 0.2) is 53.1 Å². The number of ether oxygens (including phenoxy) is 1. The first-order valence-corrected chi connectivity index (χ1v) is 10.2. The van der Waals surface area contributed by atoms with Crippen molar-refractivity contribution in [2.45, 2.75) is 59.8 Å². The molecule has 2 N–H and O–H groups in total. The van der Waals surface area contributed by atoms with Crippen LogP contribution >= 0.6 is 0 Å². The monoisotopic (exact) mass is 414 g/mol. The van der Waals surface area contributed by atoms with Gasteiger partial charge in [0.15, 0.2) is 5.78 Å². The topological polar surface area (TPSA) is 83.8 Å². The van der Waals surface area contributed by atoms with Crippen LogP contribution in [-0.2, 0) is 9.53 Å². The molecule has 0 amide bonds. The number of phenols is 2. The van der Waals surface area contributed by atoms with E-state index in [4.69, 9.17) is 4.74 Å². The molecule has 0 aliphatic rings. The number of Topliss-reactive ketones (excluding diaryl/α,β-unsaturated/α-hetero) is 1. The minimum Gasteiger partial charge on any atom is -0.508 e. The molecule has 164 valence electrons. The van der Waals surface area contributed by atoms with Crippen LogP contribution in [0.1, 0.15) is 70.2 Å². The highest BCUT2D eigenvalue weighted by Gasteiger charge is 2.29. The quantitative estimate of drug-likeness (QED) is 0.204. The van der Waals surface area contributed by atoms with Crippen molar-refractivity contribution in [1.29, 1.82) is 0 Å². The van der Waals surface area contributed by atoms with Gasteiger partial charge in [-0.3, -0.25) is 9.59 Å². The number of hydrogen-bond donors (Lipinski definition) is 2. The number of esters is 1.